The van der Waals surface area contributed by atoms with Gasteiger partial charge in [-0.1, -0.05) is 47.6 Å². The van der Waals surface area contributed by atoms with Crippen LogP contribution in [0.4, 0.5) is 5.82 Å². The van der Waals surface area contributed by atoms with Crippen LogP contribution in [0.2, 0.25) is 5.15 Å². The Labute approximate surface area is 209 Å². The van der Waals surface area contributed by atoms with E-state index >= 15 is 0 Å². The highest BCUT2D eigenvalue weighted by molar-refractivity contribution is 7.98. The first kappa shape index (κ1) is 24.7. The van der Waals surface area contributed by atoms with E-state index < -0.39 is 5.79 Å². The monoisotopic (exact) mass is 500 g/mol. The summed E-state index contributed by atoms with van der Waals surface area (Å²) in [5.41, 5.74) is 1.70. The molecule has 1 aromatic carbocycles. The van der Waals surface area contributed by atoms with Gasteiger partial charge < -0.3 is 19.3 Å². The summed E-state index contributed by atoms with van der Waals surface area (Å²) in [7, 11) is 0. The quantitative estimate of drug-likeness (QED) is 0.216. The van der Waals surface area contributed by atoms with Crippen molar-refractivity contribution in [3.63, 3.8) is 0 Å². The van der Waals surface area contributed by atoms with Gasteiger partial charge in [0.25, 0.3) is 5.91 Å². The Morgan fingerprint density at radius 3 is 2.53 bits per heavy atom. The van der Waals surface area contributed by atoms with Crippen LogP contribution in [0.1, 0.15) is 28.8 Å². The number of likely N-dealkylation sites (tertiary alicyclic amines) is 1. The first-order chi connectivity index (χ1) is 16.5. The molecule has 180 valence electrons. The summed E-state index contributed by atoms with van der Waals surface area (Å²) in [6.45, 7) is 11.4. The van der Waals surface area contributed by atoms with Gasteiger partial charge in [-0.2, -0.15) is 0 Å². The molecule has 2 saturated heterocycles. The number of hydrogen-bond donors (Lipinski definition) is 0. The molecule has 2 aliphatic rings. The van der Waals surface area contributed by atoms with Crippen LogP contribution in [0.15, 0.2) is 60.8 Å². The number of carbonyl (C=O) groups excluding carboxylic acids is 1. The molecular weight excluding hydrogens is 472 g/mol. The van der Waals surface area contributed by atoms with Gasteiger partial charge in [-0.3, -0.25) is 4.79 Å². The van der Waals surface area contributed by atoms with E-state index in [-0.39, 0.29) is 5.91 Å². The van der Waals surface area contributed by atoms with Gasteiger partial charge in [-0.15, -0.1) is 13.2 Å². The number of anilines is 1. The minimum Gasteiger partial charge on any atom is -0.349 e. The van der Waals surface area contributed by atoms with Gasteiger partial charge in [0.15, 0.2) is 10.9 Å². The molecule has 0 atom stereocenters. The van der Waals surface area contributed by atoms with E-state index in [0.29, 0.717) is 73.9 Å². The topological polar surface area (TPSA) is 67.8 Å². The van der Waals surface area contributed by atoms with Crippen LogP contribution >= 0.6 is 23.4 Å². The van der Waals surface area contributed by atoms with Crippen molar-refractivity contribution in [2.24, 2.45) is 0 Å². The lowest BCUT2D eigenvalue weighted by Gasteiger charge is -2.37. The van der Waals surface area contributed by atoms with Gasteiger partial charge >= 0.3 is 0 Å². The van der Waals surface area contributed by atoms with Crippen LogP contribution in [-0.4, -0.2) is 66.0 Å². The summed E-state index contributed by atoms with van der Waals surface area (Å²) in [4.78, 5) is 26.0. The zero-order chi connectivity index (χ0) is 24.0. The van der Waals surface area contributed by atoms with Crippen molar-refractivity contribution in [2.45, 2.75) is 29.5 Å². The number of piperidine rings is 1. The first-order valence-electron chi connectivity index (χ1n) is 11.3. The molecule has 3 heterocycles. The third kappa shape index (κ3) is 5.99. The van der Waals surface area contributed by atoms with Crippen molar-refractivity contribution in [3.8, 4) is 0 Å². The van der Waals surface area contributed by atoms with Crippen LogP contribution < -0.4 is 4.90 Å². The maximum atomic E-state index is 13.1. The van der Waals surface area contributed by atoms with Crippen LogP contribution in [0.5, 0.6) is 0 Å². The predicted molar refractivity (Wildman–Crippen MR) is 135 cm³/mol. The molecule has 1 amide bonds. The minimum absolute atomic E-state index is 0.0329. The highest BCUT2D eigenvalue weighted by Crippen LogP contribution is 2.32. The average molecular weight is 501 g/mol. The number of nitrogens with zero attached hydrogens (tertiary/aromatic N) is 4. The lowest BCUT2D eigenvalue weighted by Crippen LogP contribution is -2.47. The van der Waals surface area contributed by atoms with Crippen LogP contribution in [0.25, 0.3) is 0 Å². The summed E-state index contributed by atoms with van der Waals surface area (Å²) in [5, 5.41) is 0.961. The fraction of sp³-hybridized carbons (Fsp3) is 0.400. The van der Waals surface area contributed by atoms with Gasteiger partial charge in [0, 0.05) is 56.4 Å². The molecule has 2 fully saturated rings. The Balaban J connectivity index is 1.39. The van der Waals surface area contributed by atoms with Crippen molar-refractivity contribution >= 4 is 35.1 Å². The molecule has 7 nitrogen and oxygen atoms in total. The maximum Gasteiger partial charge on any atom is 0.253 e. The van der Waals surface area contributed by atoms with E-state index in [1.165, 1.54) is 11.8 Å². The smallest absolute Gasteiger partial charge is 0.253 e. The Morgan fingerprint density at radius 1 is 1.15 bits per heavy atom. The number of amides is 1. The Kier molecular flexibility index (Phi) is 8.26. The van der Waals surface area contributed by atoms with Crippen molar-refractivity contribution in [2.75, 3.05) is 44.3 Å². The number of ether oxygens (including phenoxy) is 2. The molecule has 0 radical (unpaired) electrons. The number of rotatable bonds is 9. The van der Waals surface area contributed by atoms with Crippen molar-refractivity contribution in [3.05, 3.63) is 71.9 Å². The highest BCUT2D eigenvalue weighted by Gasteiger charge is 2.40. The molecule has 2 aromatic rings. The second-order valence-electron chi connectivity index (χ2n) is 8.20. The van der Waals surface area contributed by atoms with E-state index in [4.69, 9.17) is 21.1 Å². The zero-order valence-electron chi connectivity index (χ0n) is 19.1. The molecule has 9 heteroatoms. The predicted octanol–water partition coefficient (Wildman–Crippen LogP) is 4.58. The highest BCUT2D eigenvalue weighted by atomic mass is 35.5. The minimum atomic E-state index is -0.488. The molecule has 0 unspecified atom stereocenters. The van der Waals surface area contributed by atoms with Gasteiger partial charge in [0.2, 0.25) is 0 Å². The normalized spacial score (nSPS) is 17.0. The first-order valence-corrected chi connectivity index (χ1v) is 12.7. The zero-order valence-corrected chi connectivity index (χ0v) is 20.7. The lowest BCUT2D eigenvalue weighted by atomic mass is 10.0. The van der Waals surface area contributed by atoms with Gasteiger partial charge in [-0.05, 0) is 17.7 Å². The molecule has 0 N–H and O–H groups in total. The van der Waals surface area contributed by atoms with Gasteiger partial charge in [0.1, 0.15) is 11.0 Å². The average Bonchev–Trinajstić information content (AvgIpc) is 3.30. The van der Waals surface area contributed by atoms with Crippen molar-refractivity contribution in [1.82, 2.24) is 14.9 Å². The second kappa shape index (κ2) is 11.4. The largest absolute Gasteiger partial charge is 0.349 e. The SMILES string of the molecule is C=CCN(CC=C)c1cc(Cl)nc(SCc2cccc(C(=O)N3CCC4(CC3)OCCO4)c2)n1. The maximum absolute atomic E-state index is 13.1. The van der Waals surface area contributed by atoms with Crippen LogP contribution in [0, 0.1) is 0 Å². The molecular formula is C25H29ClN4O3S. The fourth-order valence-corrected chi connectivity index (χ4v) is 5.17. The van der Waals surface area contributed by atoms with E-state index in [2.05, 4.69) is 23.1 Å². The Bertz CT molecular complexity index is 1020. The van der Waals surface area contributed by atoms with Crippen molar-refractivity contribution in [1.29, 1.82) is 0 Å². The molecule has 0 saturated carbocycles. The number of thioether (sulfide) groups is 1. The van der Waals surface area contributed by atoms with Crippen LogP contribution in [-0.2, 0) is 15.2 Å². The number of carbonyl (C=O) groups is 1. The molecule has 0 bridgehead atoms. The van der Waals surface area contributed by atoms with Crippen LogP contribution in [0.3, 0.4) is 0 Å². The van der Waals surface area contributed by atoms with E-state index in [1.54, 1.807) is 6.07 Å². The summed E-state index contributed by atoms with van der Waals surface area (Å²) < 4.78 is 11.5. The summed E-state index contributed by atoms with van der Waals surface area (Å²) in [6, 6.07) is 9.46. The molecule has 1 aromatic heterocycles. The summed E-state index contributed by atoms with van der Waals surface area (Å²) >= 11 is 7.74. The molecule has 4 rings (SSSR count). The number of hydrogen-bond acceptors (Lipinski definition) is 7. The lowest BCUT2D eigenvalue weighted by molar-refractivity contribution is -0.181. The third-order valence-corrected chi connectivity index (χ3v) is 6.96. The molecule has 34 heavy (non-hydrogen) atoms. The van der Waals surface area contributed by atoms with E-state index in [0.717, 1.165) is 11.4 Å². The Hall–Kier alpha value is -2.39. The number of benzene rings is 1. The number of halogens is 1. The Morgan fingerprint density at radius 2 is 1.85 bits per heavy atom. The van der Waals surface area contributed by atoms with Gasteiger partial charge in [0.05, 0.1) is 13.2 Å². The number of aromatic nitrogens is 2. The standard InChI is InChI=1S/C25H29ClN4O3S/c1-3-10-29(11-4-2)22-17-21(26)27-24(28-22)34-18-19-6-5-7-20(16-19)23(31)30-12-8-25(9-13-30)32-14-15-33-25/h3-7,16-17H,1-2,8-15,18H2. The van der Waals surface area contributed by atoms with Crippen molar-refractivity contribution < 1.29 is 14.3 Å². The second-order valence-corrected chi connectivity index (χ2v) is 9.53. The molecule has 2 aliphatic heterocycles. The van der Waals surface area contributed by atoms with E-state index in [1.807, 2.05) is 46.2 Å². The summed E-state index contributed by atoms with van der Waals surface area (Å²) in [6.07, 6.45) is 5.03. The molecule has 1 spiro atoms. The van der Waals surface area contributed by atoms with Gasteiger partial charge in [-0.25, -0.2) is 9.97 Å². The third-order valence-electron chi connectivity index (χ3n) is 5.85. The summed E-state index contributed by atoms with van der Waals surface area (Å²) in [5.74, 6) is 0.891. The fourth-order valence-electron chi connectivity index (χ4n) is 4.15. The van der Waals surface area contributed by atoms with E-state index in [9.17, 15) is 4.79 Å². The molecule has 0 aliphatic carbocycles.